The van der Waals surface area contributed by atoms with Gasteiger partial charge in [-0.2, -0.15) is 0 Å². The number of carbonyl (C=O) groups is 2. The van der Waals surface area contributed by atoms with E-state index in [2.05, 4.69) is 0 Å². The molecule has 1 aliphatic carbocycles. The second-order valence-electron chi connectivity index (χ2n) is 4.11. The topological polar surface area (TPSA) is 54.4 Å². The Bertz CT molecular complexity index is 430. The first-order valence-electron chi connectivity index (χ1n) is 4.90. The molecule has 3 nitrogen and oxygen atoms in total. The van der Waals surface area contributed by atoms with Crippen molar-refractivity contribution in [2.75, 3.05) is 0 Å². The highest BCUT2D eigenvalue weighted by atomic mass is 16.4. The fraction of sp³-hybridized carbons (Fsp3) is 0.333. The Kier molecular flexibility index (Phi) is 2.11. The van der Waals surface area contributed by atoms with Crippen LogP contribution in [0.15, 0.2) is 18.2 Å². The average Bonchev–Trinajstić information content (AvgIpc) is 2.98. The van der Waals surface area contributed by atoms with Gasteiger partial charge < -0.3 is 9.90 Å². The van der Waals surface area contributed by atoms with E-state index in [1.54, 1.807) is 18.2 Å². The van der Waals surface area contributed by atoms with Crippen molar-refractivity contribution in [3.8, 4) is 0 Å². The van der Waals surface area contributed by atoms with Gasteiger partial charge in [-0.15, -0.1) is 0 Å². The SMILES string of the molecule is Cc1cc(C(=O)O)ccc1C1(C=O)CC1. The molecule has 1 aromatic rings. The maximum Gasteiger partial charge on any atom is 0.335 e. The zero-order valence-electron chi connectivity index (χ0n) is 8.49. The van der Waals surface area contributed by atoms with E-state index in [1.165, 1.54) is 0 Å². The molecule has 1 aliphatic rings. The van der Waals surface area contributed by atoms with Gasteiger partial charge >= 0.3 is 5.97 Å². The van der Waals surface area contributed by atoms with Gasteiger partial charge in [0.1, 0.15) is 6.29 Å². The van der Waals surface area contributed by atoms with Crippen molar-refractivity contribution in [2.45, 2.75) is 25.2 Å². The molecule has 78 valence electrons. The molecule has 15 heavy (non-hydrogen) atoms. The summed E-state index contributed by atoms with van der Waals surface area (Å²) in [6.07, 6.45) is 2.74. The van der Waals surface area contributed by atoms with Gasteiger partial charge in [-0.3, -0.25) is 0 Å². The fourth-order valence-electron chi connectivity index (χ4n) is 1.94. The maximum atomic E-state index is 10.9. The summed E-state index contributed by atoms with van der Waals surface area (Å²) in [5.41, 5.74) is 1.82. The van der Waals surface area contributed by atoms with Crippen molar-refractivity contribution >= 4 is 12.3 Å². The van der Waals surface area contributed by atoms with Gasteiger partial charge in [0.25, 0.3) is 0 Å². The summed E-state index contributed by atoms with van der Waals surface area (Å²) in [7, 11) is 0. The Hall–Kier alpha value is -1.64. The number of aryl methyl sites for hydroxylation is 1. The number of rotatable bonds is 3. The highest BCUT2D eigenvalue weighted by molar-refractivity contribution is 5.88. The van der Waals surface area contributed by atoms with E-state index >= 15 is 0 Å². The molecule has 0 atom stereocenters. The molecule has 1 saturated carbocycles. The molecule has 2 rings (SSSR count). The molecule has 0 unspecified atom stereocenters. The molecule has 3 heteroatoms. The van der Waals surface area contributed by atoms with Crippen molar-refractivity contribution in [1.82, 2.24) is 0 Å². The predicted octanol–water partition coefficient (Wildman–Crippen LogP) is 1.92. The van der Waals surface area contributed by atoms with Crippen LogP contribution >= 0.6 is 0 Å². The van der Waals surface area contributed by atoms with Gasteiger partial charge in [-0.05, 0) is 43.0 Å². The van der Waals surface area contributed by atoms with E-state index in [0.717, 1.165) is 30.3 Å². The molecule has 0 bridgehead atoms. The van der Waals surface area contributed by atoms with Gasteiger partial charge in [0.05, 0.1) is 11.0 Å². The van der Waals surface area contributed by atoms with Gasteiger partial charge in [-0.1, -0.05) is 6.07 Å². The fourth-order valence-corrected chi connectivity index (χ4v) is 1.94. The first-order valence-corrected chi connectivity index (χ1v) is 4.90. The number of benzene rings is 1. The van der Waals surface area contributed by atoms with Crippen molar-refractivity contribution in [3.63, 3.8) is 0 Å². The number of hydrogen-bond donors (Lipinski definition) is 1. The van der Waals surface area contributed by atoms with Crippen LogP contribution in [0.5, 0.6) is 0 Å². The molecular formula is C12H12O3. The van der Waals surface area contributed by atoms with Crippen LogP contribution in [0.25, 0.3) is 0 Å². The average molecular weight is 204 g/mol. The minimum atomic E-state index is -0.930. The maximum absolute atomic E-state index is 10.9. The third kappa shape index (κ3) is 1.54. The van der Waals surface area contributed by atoms with Crippen LogP contribution in [-0.4, -0.2) is 17.4 Å². The number of carbonyl (C=O) groups excluding carboxylic acids is 1. The normalized spacial score (nSPS) is 17.1. The standard InChI is InChI=1S/C12H12O3/c1-8-6-9(11(14)15)2-3-10(8)12(7-13)4-5-12/h2-3,6-7H,4-5H2,1H3,(H,14,15). The van der Waals surface area contributed by atoms with Crippen LogP contribution in [0.2, 0.25) is 0 Å². The Labute approximate surface area is 87.7 Å². The zero-order valence-corrected chi connectivity index (χ0v) is 8.49. The van der Waals surface area contributed by atoms with Crippen LogP contribution in [0.1, 0.15) is 34.3 Å². The second-order valence-corrected chi connectivity index (χ2v) is 4.11. The van der Waals surface area contributed by atoms with Crippen molar-refractivity contribution in [2.24, 2.45) is 0 Å². The minimum absolute atomic E-state index is 0.276. The van der Waals surface area contributed by atoms with E-state index in [4.69, 9.17) is 5.11 Å². The molecule has 0 saturated heterocycles. The molecular weight excluding hydrogens is 192 g/mol. The highest BCUT2D eigenvalue weighted by Gasteiger charge is 2.45. The molecule has 0 amide bonds. The first-order chi connectivity index (χ1) is 7.09. The summed E-state index contributed by atoms with van der Waals surface area (Å²) < 4.78 is 0. The molecule has 1 fully saturated rings. The van der Waals surface area contributed by atoms with Gasteiger partial charge in [-0.25, -0.2) is 4.79 Å². The molecule has 0 aromatic heterocycles. The van der Waals surface area contributed by atoms with Crippen LogP contribution < -0.4 is 0 Å². The van der Waals surface area contributed by atoms with Gasteiger partial charge in [0, 0.05) is 0 Å². The lowest BCUT2D eigenvalue weighted by molar-refractivity contribution is -0.109. The van der Waals surface area contributed by atoms with E-state index in [1.807, 2.05) is 6.92 Å². The third-order valence-electron chi connectivity index (χ3n) is 3.02. The Morgan fingerprint density at radius 2 is 2.13 bits per heavy atom. The van der Waals surface area contributed by atoms with Crippen molar-refractivity contribution < 1.29 is 14.7 Å². The molecule has 0 heterocycles. The van der Waals surface area contributed by atoms with Gasteiger partial charge in [0.2, 0.25) is 0 Å². The lowest BCUT2D eigenvalue weighted by atomic mass is 9.92. The highest BCUT2D eigenvalue weighted by Crippen LogP contribution is 2.47. The minimum Gasteiger partial charge on any atom is -0.478 e. The molecule has 0 aliphatic heterocycles. The van der Waals surface area contributed by atoms with E-state index in [9.17, 15) is 9.59 Å². The number of carboxylic acid groups (broad SMARTS) is 1. The lowest BCUT2D eigenvalue weighted by Gasteiger charge is -2.11. The summed E-state index contributed by atoms with van der Waals surface area (Å²) in [5.74, 6) is -0.930. The van der Waals surface area contributed by atoms with Crippen molar-refractivity contribution in [1.29, 1.82) is 0 Å². The summed E-state index contributed by atoms with van der Waals surface area (Å²) >= 11 is 0. The molecule has 1 aromatic carbocycles. The summed E-state index contributed by atoms with van der Waals surface area (Å²) in [6.45, 7) is 1.85. The summed E-state index contributed by atoms with van der Waals surface area (Å²) in [6, 6.07) is 4.95. The second kappa shape index (κ2) is 3.19. The molecule has 0 radical (unpaired) electrons. The monoisotopic (exact) mass is 204 g/mol. The van der Waals surface area contributed by atoms with E-state index < -0.39 is 5.97 Å². The number of hydrogen-bond acceptors (Lipinski definition) is 2. The van der Waals surface area contributed by atoms with Crippen LogP contribution in [0.3, 0.4) is 0 Å². The number of carboxylic acids is 1. The van der Waals surface area contributed by atoms with Gasteiger partial charge in [0.15, 0.2) is 0 Å². The van der Waals surface area contributed by atoms with Crippen molar-refractivity contribution in [3.05, 3.63) is 34.9 Å². The predicted molar refractivity (Wildman–Crippen MR) is 55.1 cm³/mol. The Morgan fingerprint density at radius 1 is 1.47 bits per heavy atom. The van der Waals surface area contributed by atoms with E-state index in [0.29, 0.717) is 0 Å². The molecule has 0 spiro atoms. The van der Waals surface area contributed by atoms with Crippen LogP contribution in [-0.2, 0) is 10.2 Å². The van der Waals surface area contributed by atoms with E-state index in [-0.39, 0.29) is 11.0 Å². The lowest BCUT2D eigenvalue weighted by Crippen LogP contribution is -2.10. The molecule has 1 N–H and O–H groups in total. The summed E-state index contributed by atoms with van der Waals surface area (Å²) in [5, 5.41) is 8.81. The zero-order chi connectivity index (χ0) is 11.1. The summed E-state index contributed by atoms with van der Waals surface area (Å²) in [4.78, 5) is 21.7. The Balaban J connectivity index is 2.43. The third-order valence-corrected chi connectivity index (χ3v) is 3.02. The number of aromatic carboxylic acids is 1. The largest absolute Gasteiger partial charge is 0.478 e. The van der Waals surface area contributed by atoms with Crippen LogP contribution in [0.4, 0.5) is 0 Å². The van der Waals surface area contributed by atoms with Crippen LogP contribution in [0, 0.1) is 6.92 Å². The Morgan fingerprint density at radius 3 is 2.53 bits per heavy atom. The quantitative estimate of drug-likeness (QED) is 0.765. The first kappa shape index (κ1) is 9.90. The smallest absolute Gasteiger partial charge is 0.335 e. The number of aldehydes is 1.